The van der Waals surface area contributed by atoms with Crippen LogP contribution in [-0.4, -0.2) is 58.0 Å². The predicted octanol–water partition coefficient (Wildman–Crippen LogP) is 3.26. The normalized spacial score (nSPS) is 27.8. The summed E-state index contributed by atoms with van der Waals surface area (Å²) in [6.45, 7) is 4.07. The van der Waals surface area contributed by atoms with Gasteiger partial charge in [-0.1, -0.05) is 23.3 Å². The number of rotatable bonds is 11. The third kappa shape index (κ3) is 6.55. The molecular formula is C26H33N6O10P. The van der Waals surface area contributed by atoms with Gasteiger partial charge in [0, 0.05) is 30.0 Å². The molecule has 16 nitrogen and oxygen atoms in total. The first-order valence-electron chi connectivity index (χ1n) is 13.9. The fourth-order valence-electron chi connectivity index (χ4n) is 5.34. The van der Waals surface area contributed by atoms with Gasteiger partial charge >= 0.3 is 19.4 Å². The molecule has 1 aliphatic carbocycles. The first-order chi connectivity index (χ1) is 20.5. The standard InChI is InChI=1S/C26H33N6O10P/c1-16(2)38-23(34)17(3)29-43(36,42-18-9-5-4-6-10-18)37-15-26(30-31-27)21-20(39-25(40-21)12-7-8-13-25)22(41-26)32-14-11-19(33)28-24(32)35/h4-6,9-11,14,16-17,20-22H,7-8,12-13,15H2,1-3H3,(H,29,36)(H,28,33,35)/t17-,20+,21-,22+,26+,43?/m0/s1. The van der Waals surface area contributed by atoms with Crippen molar-refractivity contribution >= 4 is 13.7 Å². The summed E-state index contributed by atoms with van der Waals surface area (Å²) in [4.78, 5) is 42.2. The zero-order chi connectivity index (χ0) is 30.8. The van der Waals surface area contributed by atoms with Crippen molar-refractivity contribution in [2.24, 2.45) is 5.11 Å². The van der Waals surface area contributed by atoms with Gasteiger partial charge < -0.3 is 23.5 Å². The molecule has 0 bridgehead atoms. The van der Waals surface area contributed by atoms with E-state index in [4.69, 9.17) is 28.0 Å². The Balaban J connectivity index is 1.48. The maximum Gasteiger partial charge on any atom is 0.459 e. The molecule has 2 N–H and O–H groups in total. The maximum absolute atomic E-state index is 14.2. The molecule has 232 valence electrons. The van der Waals surface area contributed by atoms with Gasteiger partial charge in [-0.05, 0) is 51.3 Å². The van der Waals surface area contributed by atoms with Gasteiger partial charge in [-0.25, -0.2) is 9.36 Å². The van der Waals surface area contributed by atoms with Crippen LogP contribution in [0.2, 0.25) is 0 Å². The zero-order valence-electron chi connectivity index (χ0n) is 23.8. The van der Waals surface area contributed by atoms with Crippen LogP contribution in [0.15, 0.2) is 57.3 Å². The van der Waals surface area contributed by atoms with Crippen LogP contribution in [0.25, 0.3) is 10.4 Å². The number of hydrogen-bond acceptors (Lipinski definition) is 11. The van der Waals surface area contributed by atoms with Crippen molar-refractivity contribution in [1.82, 2.24) is 14.6 Å². The molecule has 1 aromatic heterocycles. The summed E-state index contributed by atoms with van der Waals surface area (Å²) in [5, 5.41) is 6.46. The van der Waals surface area contributed by atoms with Gasteiger partial charge in [-0.3, -0.25) is 23.7 Å². The first-order valence-corrected chi connectivity index (χ1v) is 15.4. The lowest BCUT2D eigenvalue weighted by Gasteiger charge is -2.33. The Kier molecular flexibility index (Phi) is 8.82. The van der Waals surface area contributed by atoms with Gasteiger partial charge in [-0.15, -0.1) is 0 Å². The van der Waals surface area contributed by atoms with Gasteiger partial charge in [0.1, 0.15) is 24.0 Å². The van der Waals surface area contributed by atoms with Crippen molar-refractivity contribution in [3.05, 3.63) is 73.9 Å². The van der Waals surface area contributed by atoms with E-state index < -0.39 is 73.7 Å². The highest BCUT2D eigenvalue weighted by Crippen LogP contribution is 2.55. The number of azide groups is 1. The van der Waals surface area contributed by atoms with Crippen molar-refractivity contribution in [3.8, 4) is 5.75 Å². The average molecular weight is 621 g/mol. The fourth-order valence-corrected chi connectivity index (χ4v) is 6.85. The first kappa shape index (κ1) is 31.0. The number of fused-ring (bicyclic) bond motifs is 1. The molecule has 5 rings (SSSR count). The van der Waals surface area contributed by atoms with Crippen LogP contribution in [0.5, 0.6) is 5.75 Å². The van der Waals surface area contributed by atoms with Crippen LogP contribution in [0.3, 0.4) is 0 Å². The van der Waals surface area contributed by atoms with Gasteiger partial charge in [0.2, 0.25) is 5.72 Å². The molecule has 0 radical (unpaired) electrons. The number of nitrogens with zero attached hydrogens (tertiary/aromatic N) is 4. The molecule has 3 heterocycles. The SMILES string of the molecule is CC(C)OC(=O)[C@H](C)NP(=O)(OC[C@@]1(N=[N+]=[N-])O[C@@H](n2ccc(=O)[nH]c2=O)[C@@H]2OC3(CCCC3)O[C@@H]21)Oc1ccccc1. The summed E-state index contributed by atoms with van der Waals surface area (Å²) < 4.78 is 50.9. The van der Waals surface area contributed by atoms with Crippen LogP contribution >= 0.6 is 7.75 Å². The fraction of sp³-hybridized carbons (Fsp3) is 0.577. The van der Waals surface area contributed by atoms with Gasteiger partial charge in [0.25, 0.3) is 5.56 Å². The summed E-state index contributed by atoms with van der Waals surface area (Å²) in [6, 6.07) is 8.11. The molecule has 2 aliphatic heterocycles. The molecule has 1 spiro atoms. The lowest BCUT2D eigenvalue weighted by atomic mass is 10.1. The quantitative estimate of drug-likeness (QED) is 0.123. The van der Waals surface area contributed by atoms with E-state index in [1.807, 2.05) is 0 Å². The summed E-state index contributed by atoms with van der Waals surface area (Å²) >= 11 is 0. The van der Waals surface area contributed by atoms with E-state index in [9.17, 15) is 24.5 Å². The lowest BCUT2D eigenvalue weighted by molar-refractivity contribution is -0.237. The Hall–Kier alpha value is -3.49. The highest BCUT2D eigenvalue weighted by molar-refractivity contribution is 7.52. The second-order valence-electron chi connectivity index (χ2n) is 10.8. The number of benzene rings is 1. The van der Waals surface area contributed by atoms with Crippen LogP contribution in [-0.2, 0) is 32.8 Å². The minimum atomic E-state index is -4.42. The monoisotopic (exact) mass is 620 g/mol. The largest absolute Gasteiger partial charge is 0.462 e. The smallest absolute Gasteiger partial charge is 0.459 e. The third-order valence-electron chi connectivity index (χ3n) is 7.21. The second-order valence-corrected chi connectivity index (χ2v) is 12.5. The topological polar surface area (TPSA) is 205 Å². The number of H-pyrrole nitrogens is 1. The Morgan fingerprint density at radius 3 is 2.56 bits per heavy atom. The molecule has 0 amide bonds. The van der Waals surface area contributed by atoms with Gasteiger partial charge in [0.05, 0.1) is 12.7 Å². The molecule has 1 aromatic carbocycles. The highest BCUT2D eigenvalue weighted by Gasteiger charge is 2.66. The van der Waals surface area contributed by atoms with E-state index in [0.29, 0.717) is 12.8 Å². The molecule has 1 saturated carbocycles. The molecule has 6 atom stereocenters. The number of carbonyl (C=O) groups excluding carboxylic acids is 1. The average Bonchev–Trinajstić information content (AvgIpc) is 3.64. The molecule has 3 fully saturated rings. The predicted molar refractivity (Wildman–Crippen MR) is 149 cm³/mol. The Morgan fingerprint density at radius 1 is 1.19 bits per heavy atom. The molecule has 2 saturated heterocycles. The minimum Gasteiger partial charge on any atom is -0.462 e. The van der Waals surface area contributed by atoms with E-state index >= 15 is 0 Å². The molecule has 2 aromatic rings. The Bertz CT molecular complexity index is 1540. The second kappa shape index (κ2) is 12.2. The molecule has 3 aliphatic rings. The number of aromatic amines is 1. The van der Waals surface area contributed by atoms with E-state index in [0.717, 1.165) is 23.5 Å². The number of esters is 1. The van der Waals surface area contributed by atoms with E-state index in [2.05, 4.69) is 20.1 Å². The van der Waals surface area contributed by atoms with Crippen LogP contribution < -0.4 is 20.9 Å². The number of hydrogen-bond donors (Lipinski definition) is 2. The zero-order valence-corrected chi connectivity index (χ0v) is 24.7. The number of nitrogens with one attached hydrogen (secondary N) is 2. The molecule has 1 unspecified atom stereocenters. The van der Waals surface area contributed by atoms with E-state index in [-0.39, 0.29) is 5.75 Å². The number of para-hydroxylation sites is 1. The van der Waals surface area contributed by atoms with Crippen molar-refractivity contribution in [1.29, 1.82) is 0 Å². The summed E-state index contributed by atoms with van der Waals surface area (Å²) in [5.41, 5.74) is 6.20. The molecular weight excluding hydrogens is 587 g/mol. The third-order valence-corrected chi connectivity index (χ3v) is 8.84. The Morgan fingerprint density at radius 2 is 1.91 bits per heavy atom. The van der Waals surface area contributed by atoms with Crippen molar-refractivity contribution in [2.75, 3.05) is 6.61 Å². The van der Waals surface area contributed by atoms with Crippen LogP contribution in [0, 0.1) is 0 Å². The van der Waals surface area contributed by atoms with E-state index in [1.165, 1.54) is 25.3 Å². The van der Waals surface area contributed by atoms with Crippen molar-refractivity contribution < 1.29 is 37.4 Å². The number of aromatic nitrogens is 2. The van der Waals surface area contributed by atoms with Crippen LogP contribution in [0.1, 0.15) is 52.7 Å². The van der Waals surface area contributed by atoms with Crippen LogP contribution in [0.4, 0.5) is 0 Å². The minimum absolute atomic E-state index is 0.161. The number of carbonyl (C=O) groups is 1. The summed E-state index contributed by atoms with van der Waals surface area (Å²) in [6.07, 6.45) is 0.237. The number of ether oxygens (including phenoxy) is 4. The summed E-state index contributed by atoms with van der Waals surface area (Å²) in [7, 11) is -4.42. The Labute approximate surface area is 245 Å². The highest BCUT2D eigenvalue weighted by atomic mass is 31.2. The molecule has 43 heavy (non-hydrogen) atoms. The van der Waals surface area contributed by atoms with Crippen molar-refractivity contribution in [3.63, 3.8) is 0 Å². The maximum atomic E-state index is 14.2. The van der Waals surface area contributed by atoms with E-state index in [1.54, 1.807) is 32.0 Å². The summed E-state index contributed by atoms with van der Waals surface area (Å²) in [5.74, 6) is -1.56. The van der Waals surface area contributed by atoms with Gasteiger partial charge in [-0.2, -0.15) is 5.09 Å². The molecule has 17 heteroatoms. The van der Waals surface area contributed by atoms with Crippen molar-refractivity contribution in [2.45, 2.75) is 88.5 Å². The lowest BCUT2D eigenvalue weighted by Crippen LogP contribution is -2.46. The van der Waals surface area contributed by atoms with Gasteiger partial charge in [0.15, 0.2) is 12.0 Å².